The third kappa shape index (κ3) is 2.15. The minimum atomic E-state index is 0.287. The Kier molecular flexibility index (Phi) is 3.72. The number of hydrogen-bond donors (Lipinski definition) is 1. The zero-order valence-corrected chi connectivity index (χ0v) is 9.06. The quantitative estimate of drug-likeness (QED) is 0.603. The fraction of sp³-hybridized carbons (Fsp3) is 0.444. The van der Waals surface area contributed by atoms with Gasteiger partial charge in [0, 0.05) is 0 Å². The van der Waals surface area contributed by atoms with E-state index >= 15 is 0 Å². The lowest BCUT2D eigenvalue weighted by Crippen LogP contribution is -2.04. The smallest absolute Gasteiger partial charge is 0.189 e. The average molecular weight is 208 g/mol. The summed E-state index contributed by atoms with van der Waals surface area (Å²) in [6.07, 6.45) is 3.60. The molecule has 0 aromatic carbocycles. The van der Waals surface area contributed by atoms with Gasteiger partial charge in [0.15, 0.2) is 5.16 Å². The van der Waals surface area contributed by atoms with E-state index in [0.717, 1.165) is 18.5 Å². The predicted molar refractivity (Wildman–Crippen MR) is 56.9 cm³/mol. The summed E-state index contributed by atoms with van der Waals surface area (Å²) in [4.78, 5) is 8.27. The van der Waals surface area contributed by atoms with E-state index < -0.39 is 0 Å². The molecule has 0 amide bonds. The molecule has 1 aromatic rings. The summed E-state index contributed by atoms with van der Waals surface area (Å²) in [5.41, 5.74) is 6.83. The van der Waals surface area contributed by atoms with Crippen LogP contribution in [0.4, 0.5) is 5.82 Å². The second-order valence-electron chi connectivity index (χ2n) is 2.78. The molecular weight excluding hydrogens is 196 g/mol. The van der Waals surface area contributed by atoms with E-state index in [1.807, 2.05) is 19.2 Å². The number of nitrogens with two attached hydrogens (primary N) is 1. The molecule has 4 nitrogen and oxygen atoms in total. The Morgan fingerprint density at radius 2 is 2.21 bits per heavy atom. The second kappa shape index (κ2) is 4.82. The Balaban J connectivity index is 3.22. The number of nitrogen functional groups attached to an aromatic ring is 1. The van der Waals surface area contributed by atoms with Crippen molar-refractivity contribution in [3.63, 3.8) is 0 Å². The molecule has 0 bridgehead atoms. The molecule has 0 radical (unpaired) electrons. The van der Waals surface area contributed by atoms with Gasteiger partial charge in [-0.25, -0.2) is 9.97 Å². The van der Waals surface area contributed by atoms with Crippen molar-refractivity contribution in [3.8, 4) is 6.07 Å². The summed E-state index contributed by atoms with van der Waals surface area (Å²) in [5.74, 6) is 0.287. The van der Waals surface area contributed by atoms with Crippen molar-refractivity contribution in [2.24, 2.45) is 0 Å². The first-order chi connectivity index (χ1) is 6.72. The number of nitrogens with zero attached hydrogens (tertiary/aromatic N) is 3. The zero-order valence-electron chi connectivity index (χ0n) is 8.24. The van der Waals surface area contributed by atoms with E-state index in [0.29, 0.717) is 10.7 Å². The van der Waals surface area contributed by atoms with Crippen molar-refractivity contribution in [1.82, 2.24) is 9.97 Å². The van der Waals surface area contributed by atoms with Gasteiger partial charge in [0.05, 0.1) is 5.69 Å². The fourth-order valence-electron chi connectivity index (χ4n) is 1.13. The number of hydrogen-bond acceptors (Lipinski definition) is 5. The molecular formula is C9H12N4S. The molecule has 1 heterocycles. The van der Waals surface area contributed by atoms with Crippen LogP contribution in [-0.2, 0) is 6.42 Å². The average Bonchev–Trinajstić information content (AvgIpc) is 2.18. The van der Waals surface area contributed by atoms with Crippen molar-refractivity contribution >= 4 is 17.6 Å². The molecule has 1 rings (SSSR count). The van der Waals surface area contributed by atoms with Crippen molar-refractivity contribution in [2.75, 3.05) is 12.0 Å². The van der Waals surface area contributed by atoms with Crippen LogP contribution in [0.1, 0.15) is 24.6 Å². The minimum Gasteiger partial charge on any atom is -0.382 e. The summed E-state index contributed by atoms with van der Waals surface area (Å²) in [5, 5.41) is 9.50. The van der Waals surface area contributed by atoms with E-state index in [2.05, 4.69) is 9.97 Å². The van der Waals surface area contributed by atoms with Gasteiger partial charge in [-0.15, -0.1) is 0 Å². The molecule has 0 saturated heterocycles. The minimum absolute atomic E-state index is 0.287. The normalized spacial score (nSPS) is 9.79. The molecule has 14 heavy (non-hydrogen) atoms. The zero-order chi connectivity index (χ0) is 10.6. The summed E-state index contributed by atoms with van der Waals surface area (Å²) in [7, 11) is 0. The van der Waals surface area contributed by atoms with Gasteiger partial charge in [0.2, 0.25) is 0 Å². The van der Waals surface area contributed by atoms with Crippen molar-refractivity contribution < 1.29 is 0 Å². The van der Waals surface area contributed by atoms with Crippen molar-refractivity contribution in [2.45, 2.75) is 24.9 Å². The molecule has 0 spiro atoms. The highest BCUT2D eigenvalue weighted by Crippen LogP contribution is 2.18. The highest BCUT2D eigenvalue weighted by atomic mass is 32.2. The Bertz CT molecular complexity index is 370. The summed E-state index contributed by atoms with van der Waals surface area (Å²) in [6, 6.07) is 2.04. The molecule has 0 unspecified atom stereocenters. The number of aryl methyl sites for hydroxylation is 1. The summed E-state index contributed by atoms with van der Waals surface area (Å²) in [6.45, 7) is 2.04. The molecule has 74 valence electrons. The van der Waals surface area contributed by atoms with Crippen molar-refractivity contribution in [1.29, 1.82) is 5.26 Å². The number of nitriles is 1. The molecule has 0 aliphatic carbocycles. The maximum Gasteiger partial charge on any atom is 0.189 e. The summed E-state index contributed by atoms with van der Waals surface area (Å²) >= 11 is 1.43. The predicted octanol–water partition coefficient (Wildman–Crippen LogP) is 1.60. The van der Waals surface area contributed by atoms with Crippen LogP contribution in [0.15, 0.2) is 5.16 Å². The van der Waals surface area contributed by atoms with Gasteiger partial charge in [0.1, 0.15) is 17.5 Å². The van der Waals surface area contributed by atoms with Crippen LogP contribution < -0.4 is 5.73 Å². The molecule has 0 aliphatic rings. The topological polar surface area (TPSA) is 75.6 Å². The van der Waals surface area contributed by atoms with Crippen LogP contribution in [0.25, 0.3) is 0 Å². The standard InChI is InChI=1S/C9H12N4S/c1-3-4-7-6(5-10)8(11)13-9(12-7)14-2/h3-4H2,1-2H3,(H2,11,12,13). The number of rotatable bonds is 3. The first-order valence-electron chi connectivity index (χ1n) is 4.33. The Hall–Kier alpha value is -1.28. The summed E-state index contributed by atoms with van der Waals surface area (Å²) < 4.78 is 0. The highest BCUT2D eigenvalue weighted by Gasteiger charge is 2.10. The molecule has 0 fully saturated rings. The van der Waals surface area contributed by atoms with Gasteiger partial charge < -0.3 is 5.73 Å². The third-order valence-electron chi connectivity index (χ3n) is 1.77. The molecule has 5 heteroatoms. The lowest BCUT2D eigenvalue weighted by Gasteiger charge is -2.05. The number of thioether (sulfide) groups is 1. The van der Waals surface area contributed by atoms with Gasteiger partial charge in [-0.05, 0) is 12.7 Å². The van der Waals surface area contributed by atoms with Gasteiger partial charge in [-0.3, -0.25) is 0 Å². The maximum atomic E-state index is 8.87. The van der Waals surface area contributed by atoms with E-state index in [9.17, 15) is 0 Å². The maximum absolute atomic E-state index is 8.87. The number of aromatic nitrogens is 2. The largest absolute Gasteiger partial charge is 0.382 e. The molecule has 0 atom stereocenters. The van der Waals surface area contributed by atoms with Crippen LogP contribution in [0.3, 0.4) is 0 Å². The lowest BCUT2D eigenvalue weighted by atomic mass is 10.1. The first-order valence-corrected chi connectivity index (χ1v) is 5.55. The Labute approximate surface area is 87.6 Å². The Morgan fingerprint density at radius 3 is 2.71 bits per heavy atom. The van der Waals surface area contributed by atoms with Gasteiger partial charge >= 0.3 is 0 Å². The lowest BCUT2D eigenvalue weighted by molar-refractivity contribution is 0.827. The van der Waals surface area contributed by atoms with Crippen LogP contribution in [0, 0.1) is 11.3 Å². The van der Waals surface area contributed by atoms with Crippen LogP contribution >= 0.6 is 11.8 Å². The fourth-order valence-corrected chi connectivity index (χ4v) is 1.53. The van der Waals surface area contributed by atoms with E-state index in [-0.39, 0.29) is 5.82 Å². The molecule has 0 aliphatic heterocycles. The molecule has 1 aromatic heterocycles. The van der Waals surface area contributed by atoms with Crippen molar-refractivity contribution in [3.05, 3.63) is 11.3 Å². The van der Waals surface area contributed by atoms with E-state index in [1.54, 1.807) is 0 Å². The molecule has 0 saturated carbocycles. The van der Waals surface area contributed by atoms with E-state index in [1.165, 1.54) is 11.8 Å². The Morgan fingerprint density at radius 1 is 1.50 bits per heavy atom. The van der Waals surface area contributed by atoms with E-state index in [4.69, 9.17) is 11.0 Å². The third-order valence-corrected chi connectivity index (χ3v) is 2.32. The van der Waals surface area contributed by atoms with Crippen LogP contribution in [0.2, 0.25) is 0 Å². The first kappa shape index (κ1) is 10.8. The SMILES string of the molecule is CCCc1nc(SC)nc(N)c1C#N. The number of anilines is 1. The monoisotopic (exact) mass is 208 g/mol. The van der Waals surface area contributed by atoms with Crippen LogP contribution in [-0.4, -0.2) is 16.2 Å². The van der Waals surface area contributed by atoms with Gasteiger partial charge in [-0.2, -0.15) is 5.26 Å². The van der Waals surface area contributed by atoms with Crippen LogP contribution in [0.5, 0.6) is 0 Å². The second-order valence-corrected chi connectivity index (χ2v) is 3.55. The van der Waals surface area contributed by atoms with Gasteiger partial charge in [-0.1, -0.05) is 25.1 Å². The van der Waals surface area contributed by atoms with Gasteiger partial charge in [0.25, 0.3) is 0 Å². The molecule has 2 N–H and O–H groups in total. The highest BCUT2D eigenvalue weighted by molar-refractivity contribution is 7.98.